The van der Waals surface area contributed by atoms with Crippen LogP contribution in [0.4, 0.5) is 0 Å². The van der Waals surface area contributed by atoms with Crippen molar-refractivity contribution in [2.75, 3.05) is 0 Å². The Morgan fingerprint density at radius 2 is 0.567 bits per heavy atom. The average Bonchev–Trinajstić information content (AvgIpc) is 3.77. The summed E-state index contributed by atoms with van der Waals surface area (Å²) < 4.78 is 7.11. The molecule has 1 heteroatoms. The number of hydrogen-bond acceptors (Lipinski definition) is 1. The molecule has 15 rings (SSSR count). The molecule has 0 atom stereocenters. The summed E-state index contributed by atoms with van der Waals surface area (Å²) in [4.78, 5) is 0. The molecule has 0 aliphatic rings. The predicted octanol–water partition coefficient (Wildman–Crippen LogP) is 18.9. The summed E-state index contributed by atoms with van der Waals surface area (Å²) in [5.74, 6) is 0. The first-order chi connectivity index (χ1) is 33.2. The van der Waals surface area contributed by atoms with Gasteiger partial charge in [0.1, 0.15) is 11.2 Å². The van der Waals surface area contributed by atoms with Gasteiger partial charge in [-0.25, -0.2) is 0 Å². The van der Waals surface area contributed by atoms with Crippen LogP contribution in [0.3, 0.4) is 0 Å². The highest BCUT2D eigenvalue weighted by Gasteiger charge is 2.22. The van der Waals surface area contributed by atoms with E-state index in [9.17, 15) is 0 Å². The van der Waals surface area contributed by atoms with Crippen molar-refractivity contribution in [1.82, 2.24) is 0 Å². The molecule has 0 aliphatic heterocycles. The quantitative estimate of drug-likeness (QED) is 0.157. The van der Waals surface area contributed by atoms with E-state index in [4.69, 9.17) is 4.42 Å². The minimum absolute atomic E-state index is 0.897. The summed E-state index contributed by atoms with van der Waals surface area (Å²) in [7, 11) is 0. The molecule has 0 radical (unpaired) electrons. The Morgan fingerprint density at radius 3 is 1.06 bits per heavy atom. The molecule has 0 spiro atoms. The molecule has 308 valence electrons. The van der Waals surface area contributed by atoms with Crippen LogP contribution in [0.1, 0.15) is 0 Å². The Bertz CT molecular complexity index is 4460. The maximum absolute atomic E-state index is 7.11. The maximum Gasteiger partial charge on any atom is 0.143 e. The van der Waals surface area contributed by atoms with Crippen molar-refractivity contribution in [3.05, 3.63) is 231 Å². The summed E-state index contributed by atoms with van der Waals surface area (Å²) in [6, 6.07) is 85.2. The molecular formula is C66H38O. The number of fused-ring (bicyclic) bond motifs is 4. The fraction of sp³-hybridized carbons (Fsp3) is 0. The molecule has 0 bridgehead atoms. The predicted molar refractivity (Wildman–Crippen MR) is 286 cm³/mol. The van der Waals surface area contributed by atoms with Gasteiger partial charge in [0.15, 0.2) is 0 Å². The van der Waals surface area contributed by atoms with Gasteiger partial charge in [-0.15, -0.1) is 0 Å². The largest absolute Gasteiger partial charge is 0.455 e. The van der Waals surface area contributed by atoms with Crippen molar-refractivity contribution in [1.29, 1.82) is 0 Å². The lowest BCUT2D eigenvalue weighted by Gasteiger charge is -2.17. The second-order valence-electron chi connectivity index (χ2n) is 18.3. The number of rotatable bonds is 5. The van der Waals surface area contributed by atoms with E-state index < -0.39 is 0 Å². The van der Waals surface area contributed by atoms with E-state index in [1.165, 1.54) is 114 Å². The van der Waals surface area contributed by atoms with Crippen molar-refractivity contribution in [3.63, 3.8) is 0 Å². The van der Waals surface area contributed by atoms with Gasteiger partial charge >= 0.3 is 0 Å². The smallest absolute Gasteiger partial charge is 0.143 e. The zero-order valence-corrected chi connectivity index (χ0v) is 36.3. The van der Waals surface area contributed by atoms with E-state index >= 15 is 0 Å². The Labute approximate surface area is 386 Å². The van der Waals surface area contributed by atoms with E-state index in [0.717, 1.165) is 38.6 Å². The molecule has 0 unspecified atom stereocenters. The normalized spacial score (nSPS) is 12.2. The summed E-state index contributed by atoms with van der Waals surface area (Å²) in [6.45, 7) is 0. The van der Waals surface area contributed by atoms with Crippen LogP contribution in [0.15, 0.2) is 235 Å². The van der Waals surface area contributed by atoms with Crippen molar-refractivity contribution in [2.24, 2.45) is 0 Å². The second-order valence-corrected chi connectivity index (χ2v) is 18.3. The van der Waals surface area contributed by atoms with Crippen molar-refractivity contribution < 1.29 is 4.42 Å². The van der Waals surface area contributed by atoms with Gasteiger partial charge in [0.2, 0.25) is 0 Å². The van der Waals surface area contributed by atoms with Crippen LogP contribution in [-0.4, -0.2) is 0 Å². The van der Waals surface area contributed by atoms with Crippen LogP contribution in [0.25, 0.3) is 153 Å². The third-order valence-electron chi connectivity index (χ3n) is 14.8. The first kappa shape index (κ1) is 36.5. The molecule has 0 saturated heterocycles. The van der Waals surface area contributed by atoms with E-state index in [0.29, 0.717) is 0 Å². The Morgan fingerprint density at radius 1 is 0.209 bits per heavy atom. The molecule has 0 N–H and O–H groups in total. The monoisotopic (exact) mass is 846 g/mol. The van der Waals surface area contributed by atoms with Crippen LogP contribution >= 0.6 is 0 Å². The lowest BCUT2D eigenvalue weighted by atomic mass is 9.86. The molecule has 1 nitrogen and oxygen atoms in total. The van der Waals surface area contributed by atoms with Gasteiger partial charge in [0.25, 0.3) is 0 Å². The summed E-state index contributed by atoms with van der Waals surface area (Å²) in [5, 5.41) is 20.0. The second kappa shape index (κ2) is 13.9. The first-order valence-electron chi connectivity index (χ1n) is 23.2. The fourth-order valence-electron chi connectivity index (χ4n) is 11.7. The first-order valence-corrected chi connectivity index (χ1v) is 23.2. The lowest BCUT2D eigenvalue weighted by Crippen LogP contribution is -1.90. The minimum atomic E-state index is 0.897. The number of hydrogen-bond donors (Lipinski definition) is 0. The van der Waals surface area contributed by atoms with Crippen LogP contribution in [0, 0.1) is 0 Å². The highest BCUT2D eigenvalue weighted by Crippen LogP contribution is 2.48. The van der Waals surface area contributed by atoms with Crippen molar-refractivity contribution in [2.45, 2.75) is 0 Å². The number of furan rings is 1. The molecule has 14 aromatic carbocycles. The van der Waals surface area contributed by atoms with E-state index in [1.54, 1.807) is 0 Å². The Balaban J connectivity index is 0.913. The summed E-state index contributed by atoms with van der Waals surface area (Å²) in [6.07, 6.45) is 0. The fourth-order valence-corrected chi connectivity index (χ4v) is 11.7. The van der Waals surface area contributed by atoms with Gasteiger partial charge in [-0.2, -0.15) is 0 Å². The summed E-state index contributed by atoms with van der Waals surface area (Å²) in [5.41, 5.74) is 13.8. The van der Waals surface area contributed by atoms with Gasteiger partial charge < -0.3 is 4.42 Å². The SMILES string of the molecule is c1ccc(-c2ccc3ccc4c(-c5ccc(-c6ccc(-c7ccc8ccc9c(-c%10ccccc%10)ccc%10ccc7c8c%109)c7oc8cc9ccccc9cc8c67)cc5)ccc5ccc2c3c54)cc1. The zero-order valence-electron chi connectivity index (χ0n) is 36.3. The van der Waals surface area contributed by atoms with Crippen LogP contribution < -0.4 is 0 Å². The van der Waals surface area contributed by atoms with E-state index in [-0.39, 0.29) is 0 Å². The molecule has 67 heavy (non-hydrogen) atoms. The van der Waals surface area contributed by atoms with Crippen molar-refractivity contribution in [3.8, 4) is 55.6 Å². The van der Waals surface area contributed by atoms with Crippen LogP contribution in [0.2, 0.25) is 0 Å². The van der Waals surface area contributed by atoms with Crippen LogP contribution in [0.5, 0.6) is 0 Å². The van der Waals surface area contributed by atoms with Gasteiger partial charge in [-0.1, -0.05) is 212 Å². The van der Waals surface area contributed by atoms with Gasteiger partial charge in [-0.3, -0.25) is 0 Å². The Hall–Kier alpha value is -8.78. The molecule has 1 aromatic heterocycles. The molecule has 0 fully saturated rings. The minimum Gasteiger partial charge on any atom is -0.455 e. The zero-order chi connectivity index (χ0) is 43.7. The van der Waals surface area contributed by atoms with E-state index in [2.05, 4.69) is 231 Å². The highest BCUT2D eigenvalue weighted by molar-refractivity contribution is 6.30. The molecule has 1 heterocycles. The van der Waals surface area contributed by atoms with Gasteiger partial charge in [-0.05, 0) is 144 Å². The highest BCUT2D eigenvalue weighted by atomic mass is 16.3. The van der Waals surface area contributed by atoms with Gasteiger partial charge in [0.05, 0.1) is 0 Å². The summed E-state index contributed by atoms with van der Waals surface area (Å²) >= 11 is 0. The van der Waals surface area contributed by atoms with Gasteiger partial charge in [0, 0.05) is 16.3 Å². The third kappa shape index (κ3) is 5.31. The molecule has 0 aliphatic carbocycles. The molecule has 0 saturated carbocycles. The maximum atomic E-state index is 7.11. The lowest BCUT2D eigenvalue weighted by molar-refractivity contribution is 0.670. The van der Waals surface area contributed by atoms with Crippen LogP contribution in [-0.2, 0) is 0 Å². The third-order valence-corrected chi connectivity index (χ3v) is 14.8. The molecule has 0 amide bonds. The molecular weight excluding hydrogens is 809 g/mol. The average molecular weight is 847 g/mol. The topological polar surface area (TPSA) is 13.1 Å². The van der Waals surface area contributed by atoms with E-state index in [1.807, 2.05) is 0 Å². The molecule has 15 aromatic rings. The standard InChI is InChI=1S/C66H38O/c1-3-9-39(10-4-1)49-27-19-43-24-33-56-51(29-21-44-23-31-54(49)61(43)62(44)56)41-15-17-42(18-16-41)52-35-36-58(66-65(52)59-37-47-13-7-8-14-48(47)38-60(59)67-66)53-30-22-46-25-32-55-50(40-11-5-2-6-12-40)28-20-45-26-34-57(53)64(46)63(45)55/h1-38H. The van der Waals surface area contributed by atoms with Crippen molar-refractivity contribution >= 4 is 97.3 Å². The number of benzene rings is 14. The Kier molecular flexibility index (Phi) is 7.56.